The number of rotatable bonds is 4. The molecule has 5 nitrogen and oxygen atoms in total. The normalized spacial score (nSPS) is 14.6. The number of nitrogens with zero attached hydrogens (tertiary/aromatic N) is 1. The van der Waals surface area contributed by atoms with Crippen molar-refractivity contribution in [3.8, 4) is 0 Å². The quantitative estimate of drug-likeness (QED) is 0.468. The van der Waals surface area contributed by atoms with E-state index in [4.69, 9.17) is 4.84 Å². The minimum atomic E-state index is -0.680. The molecule has 1 aromatic carbocycles. The molecule has 0 saturated carbocycles. The molecule has 2 aromatic rings. The average Bonchev–Trinajstić information content (AvgIpc) is 3.12. The van der Waals surface area contributed by atoms with Crippen LogP contribution in [0, 0.1) is 6.45 Å². The van der Waals surface area contributed by atoms with E-state index in [1.165, 1.54) is 2.88 Å². The molecule has 1 saturated heterocycles. The number of carbonyl (C=O) groups is 3. The van der Waals surface area contributed by atoms with E-state index < -0.39 is 17.8 Å². The number of hydrogen-bond donors (Lipinski definition) is 0. The second-order valence-corrected chi connectivity index (χ2v) is 9.11. The Labute approximate surface area is 141 Å². The summed E-state index contributed by atoms with van der Waals surface area (Å²) >= 11 is 1.35. The SMILES string of the molecule is O=C(ON1C(=O)CCC1=O)c1cccc([I-]c2cccs2)c1. The third kappa shape index (κ3) is 3.36. The van der Waals surface area contributed by atoms with Crippen molar-refractivity contribution in [1.82, 2.24) is 5.06 Å². The summed E-state index contributed by atoms with van der Waals surface area (Å²) in [6.07, 6.45) is 0.187. The van der Waals surface area contributed by atoms with E-state index in [0.717, 1.165) is 3.57 Å². The Balaban J connectivity index is 1.72. The molecular weight excluding hydrogens is 417 g/mol. The summed E-state index contributed by atoms with van der Waals surface area (Å²) in [4.78, 5) is 39.9. The summed E-state index contributed by atoms with van der Waals surface area (Å²) in [5.74, 6) is -1.62. The van der Waals surface area contributed by atoms with Crippen LogP contribution in [-0.4, -0.2) is 22.8 Å². The van der Waals surface area contributed by atoms with Crippen molar-refractivity contribution in [3.05, 3.63) is 53.8 Å². The molecule has 2 amide bonds. The molecule has 0 bridgehead atoms. The Morgan fingerprint density at radius 3 is 2.59 bits per heavy atom. The number of imide groups is 1. The first-order valence-corrected chi connectivity index (χ1v) is 9.54. The molecule has 0 unspecified atom stereocenters. The number of halogens is 1. The zero-order chi connectivity index (χ0) is 15.5. The van der Waals surface area contributed by atoms with Gasteiger partial charge in [-0.15, -0.1) is 0 Å². The predicted molar refractivity (Wildman–Crippen MR) is 74.7 cm³/mol. The maximum atomic E-state index is 12.1. The molecule has 1 aliphatic rings. The molecule has 0 aliphatic carbocycles. The van der Waals surface area contributed by atoms with Crippen molar-refractivity contribution in [1.29, 1.82) is 0 Å². The molecule has 1 aliphatic heterocycles. The van der Waals surface area contributed by atoms with Crippen molar-refractivity contribution in [2.24, 2.45) is 0 Å². The summed E-state index contributed by atoms with van der Waals surface area (Å²) in [6.45, 7) is 0. The van der Waals surface area contributed by atoms with Crippen molar-refractivity contribution in [3.63, 3.8) is 0 Å². The molecule has 1 fully saturated rings. The molecule has 3 rings (SSSR count). The second-order valence-electron chi connectivity index (χ2n) is 4.48. The summed E-state index contributed by atoms with van der Waals surface area (Å²) < 4.78 is 2.38. The zero-order valence-electron chi connectivity index (χ0n) is 11.3. The first-order valence-electron chi connectivity index (χ1n) is 6.50. The van der Waals surface area contributed by atoms with Crippen molar-refractivity contribution >= 4 is 29.1 Å². The van der Waals surface area contributed by atoms with Gasteiger partial charge in [-0.3, -0.25) is 0 Å². The summed E-state index contributed by atoms with van der Waals surface area (Å²) in [5, 5.41) is 2.60. The first-order chi connectivity index (χ1) is 10.6. The monoisotopic (exact) mass is 428 g/mol. The first kappa shape index (κ1) is 15.2. The molecule has 22 heavy (non-hydrogen) atoms. The van der Waals surface area contributed by atoms with E-state index in [1.54, 1.807) is 29.5 Å². The van der Waals surface area contributed by atoms with Crippen LogP contribution in [0.25, 0.3) is 0 Å². The van der Waals surface area contributed by atoms with Crippen LogP contribution >= 0.6 is 11.3 Å². The molecule has 7 heteroatoms. The fraction of sp³-hybridized carbons (Fsp3) is 0.133. The van der Waals surface area contributed by atoms with Crippen molar-refractivity contribution < 1.29 is 40.4 Å². The molecule has 2 heterocycles. The molecule has 0 N–H and O–H groups in total. The van der Waals surface area contributed by atoms with Crippen LogP contribution in [-0.2, 0) is 14.4 Å². The van der Waals surface area contributed by atoms with Gasteiger partial charge in [0.05, 0.1) is 0 Å². The summed E-state index contributed by atoms with van der Waals surface area (Å²) in [5.41, 5.74) is 0.348. The Morgan fingerprint density at radius 2 is 1.91 bits per heavy atom. The van der Waals surface area contributed by atoms with Crippen LogP contribution in [0.5, 0.6) is 0 Å². The standard InChI is InChI=1S/C15H11INO4S/c18-13-6-7-14(19)17(13)21-15(20)10-3-1-4-11(9-10)16-12-5-2-8-22-12/h1-5,8-9H,6-7H2/q-1. The van der Waals surface area contributed by atoms with Gasteiger partial charge in [0.15, 0.2) is 0 Å². The Morgan fingerprint density at radius 1 is 1.14 bits per heavy atom. The van der Waals surface area contributed by atoms with E-state index in [1.807, 2.05) is 17.5 Å². The second kappa shape index (κ2) is 6.57. The van der Waals surface area contributed by atoms with E-state index in [9.17, 15) is 14.4 Å². The number of thiophene rings is 1. The summed E-state index contributed by atoms with van der Waals surface area (Å²) in [7, 11) is 0. The number of hydroxylamine groups is 2. The molecule has 114 valence electrons. The Hall–Kier alpha value is -1.74. The summed E-state index contributed by atoms with van der Waals surface area (Å²) in [6, 6.07) is 11.2. The van der Waals surface area contributed by atoms with Gasteiger partial charge in [-0.1, -0.05) is 0 Å². The zero-order valence-corrected chi connectivity index (χ0v) is 14.3. The van der Waals surface area contributed by atoms with Gasteiger partial charge in [0.25, 0.3) is 0 Å². The number of carbonyl (C=O) groups excluding carboxylic acids is 3. The van der Waals surface area contributed by atoms with E-state index in [-0.39, 0.29) is 34.0 Å². The number of amides is 2. The third-order valence-electron chi connectivity index (χ3n) is 2.93. The van der Waals surface area contributed by atoms with Gasteiger partial charge in [-0.25, -0.2) is 0 Å². The van der Waals surface area contributed by atoms with Crippen LogP contribution in [0.1, 0.15) is 23.2 Å². The van der Waals surface area contributed by atoms with Gasteiger partial charge >= 0.3 is 141 Å². The number of hydrogen-bond acceptors (Lipinski definition) is 5. The van der Waals surface area contributed by atoms with Crippen LogP contribution in [0.15, 0.2) is 41.8 Å². The van der Waals surface area contributed by atoms with Crippen LogP contribution in [0.2, 0.25) is 0 Å². The molecule has 0 spiro atoms. The van der Waals surface area contributed by atoms with Crippen molar-refractivity contribution in [2.45, 2.75) is 12.8 Å². The molecular formula is C15H11INO4S-. The van der Waals surface area contributed by atoms with E-state index in [2.05, 4.69) is 6.07 Å². The Bertz CT molecular complexity index is 713. The van der Waals surface area contributed by atoms with Gasteiger partial charge in [0.1, 0.15) is 0 Å². The van der Waals surface area contributed by atoms with E-state index in [0.29, 0.717) is 10.6 Å². The van der Waals surface area contributed by atoms with Gasteiger partial charge in [0, 0.05) is 0 Å². The van der Waals surface area contributed by atoms with Gasteiger partial charge < -0.3 is 0 Å². The van der Waals surface area contributed by atoms with Gasteiger partial charge in [-0.05, 0) is 0 Å². The maximum absolute atomic E-state index is 12.1. The van der Waals surface area contributed by atoms with Crippen LogP contribution in [0.3, 0.4) is 0 Å². The fourth-order valence-corrected chi connectivity index (χ4v) is 5.68. The Kier molecular flexibility index (Phi) is 4.53. The van der Waals surface area contributed by atoms with Gasteiger partial charge in [0.2, 0.25) is 0 Å². The van der Waals surface area contributed by atoms with Gasteiger partial charge in [-0.2, -0.15) is 0 Å². The molecule has 0 atom stereocenters. The molecule has 1 aromatic heterocycles. The third-order valence-corrected chi connectivity index (χ3v) is 7.05. The fourth-order valence-electron chi connectivity index (χ4n) is 1.89. The van der Waals surface area contributed by atoms with Crippen LogP contribution < -0.4 is 21.2 Å². The minimum absolute atomic E-state index is 0.0933. The predicted octanol–water partition coefficient (Wildman–Crippen LogP) is -0.903. The number of benzene rings is 1. The molecule has 0 radical (unpaired) electrons. The topological polar surface area (TPSA) is 63.7 Å². The van der Waals surface area contributed by atoms with Crippen LogP contribution in [0.4, 0.5) is 0 Å². The average molecular weight is 428 g/mol. The van der Waals surface area contributed by atoms with Crippen molar-refractivity contribution in [2.75, 3.05) is 0 Å². The van der Waals surface area contributed by atoms with E-state index >= 15 is 0 Å².